The Hall–Kier alpha value is -0.940. The van der Waals surface area contributed by atoms with E-state index in [2.05, 4.69) is 4.98 Å². The van der Waals surface area contributed by atoms with Crippen molar-refractivity contribution in [3.05, 3.63) is 15.6 Å². The van der Waals surface area contributed by atoms with Gasteiger partial charge < -0.3 is 9.84 Å². The minimum atomic E-state index is -0.841. The summed E-state index contributed by atoms with van der Waals surface area (Å²) in [5, 5.41) is 10.2. The fourth-order valence-electron chi connectivity index (χ4n) is 3.00. The molecule has 3 heterocycles. The summed E-state index contributed by atoms with van der Waals surface area (Å²) in [5.41, 5.74) is 0.757. The van der Waals surface area contributed by atoms with Gasteiger partial charge in [-0.3, -0.25) is 0 Å². The monoisotopic (exact) mass is 267 g/mol. The number of aromatic carboxylic acids is 1. The number of fused-ring (bicyclic) bond motifs is 2. The van der Waals surface area contributed by atoms with Crippen molar-refractivity contribution in [2.24, 2.45) is 0 Å². The van der Waals surface area contributed by atoms with Gasteiger partial charge in [-0.2, -0.15) is 0 Å². The number of carboxylic acid groups (broad SMARTS) is 1. The van der Waals surface area contributed by atoms with E-state index < -0.39 is 5.97 Å². The molecule has 3 atom stereocenters. The van der Waals surface area contributed by atoms with Crippen LogP contribution in [0.5, 0.6) is 0 Å². The number of carboxylic acids is 1. The zero-order chi connectivity index (χ0) is 12.7. The molecule has 18 heavy (non-hydrogen) atoms. The third kappa shape index (κ3) is 1.95. The second kappa shape index (κ2) is 4.63. The summed E-state index contributed by atoms with van der Waals surface area (Å²) in [4.78, 5) is 16.2. The molecule has 1 aromatic heterocycles. The van der Waals surface area contributed by atoms with E-state index in [1.807, 2.05) is 6.92 Å². The van der Waals surface area contributed by atoms with E-state index in [9.17, 15) is 9.90 Å². The van der Waals surface area contributed by atoms with Gasteiger partial charge in [0.05, 0.1) is 22.9 Å². The Morgan fingerprint density at radius 1 is 1.56 bits per heavy atom. The first-order valence-corrected chi connectivity index (χ1v) is 7.39. The van der Waals surface area contributed by atoms with Crippen LogP contribution in [-0.4, -0.2) is 28.3 Å². The van der Waals surface area contributed by atoms with Gasteiger partial charge in [-0.1, -0.05) is 13.3 Å². The van der Waals surface area contributed by atoms with Crippen molar-refractivity contribution in [1.29, 1.82) is 0 Å². The van der Waals surface area contributed by atoms with Crippen LogP contribution in [0.25, 0.3) is 0 Å². The quantitative estimate of drug-likeness (QED) is 0.911. The predicted octanol–water partition coefficient (Wildman–Crippen LogP) is 2.83. The minimum absolute atomic E-state index is 0.275. The Morgan fingerprint density at radius 3 is 2.94 bits per heavy atom. The number of hydrogen-bond acceptors (Lipinski definition) is 4. The van der Waals surface area contributed by atoms with Crippen molar-refractivity contribution >= 4 is 17.3 Å². The maximum Gasteiger partial charge on any atom is 0.347 e. The molecular formula is C13H17NO3S. The average Bonchev–Trinajstić information content (AvgIpc) is 3.02. The number of thiazole rings is 1. The van der Waals surface area contributed by atoms with Crippen molar-refractivity contribution in [3.8, 4) is 0 Å². The average molecular weight is 267 g/mol. The van der Waals surface area contributed by atoms with Crippen LogP contribution < -0.4 is 0 Å². The van der Waals surface area contributed by atoms with Crippen molar-refractivity contribution < 1.29 is 14.6 Å². The molecule has 2 aliphatic rings. The summed E-state index contributed by atoms with van der Waals surface area (Å²) in [6.07, 6.45) is 5.60. The molecule has 2 bridgehead atoms. The molecule has 0 radical (unpaired) electrons. The first-order chi connectivity index (χ1) is 8.69. The third-order valence-electron chi connectivity index (χ3n) is 3.82. The maximum absolute atomic E-state index is 11.2. The first kappa shape index (κ1) is 12.1. The lowest BCUT2D eigenvalue weighted by atomic mass is 9.90. The van der Waals surface area contributed by atoms with Crippen LogP contribution in [-0.2, 0) is 11.2 Å². The Labute approximate surface area is 110 Å². The van der Waals surface area contributed by atoms with E-state index in [0.29, 0.717) is 16.9 Å². The molecule has 4 nitrogen and oxygen atoms in total. The summed E-state index contributed by atoms with van der Waals surface area (Å²) >= 11 is 1.35. The molecule has 0 spiro atoms. The normalized spacial score (nSPS) is 29.9. The SMILES string of the molecule is CCCc1nc(C2CC3CCC2O3)sc1C(=O)O. The van der Waals surface area contributed by atoms with Gasteiger partial charge in [0.25, 0.3) is 0 Å². The lowest BCUT2D eigenvalue weighted by Gasteiger charge is -2.15. The summed E-state index contributed by atoms with van der Waals surface area (Å²) in [7, 11) is 0. The van der Waals surface area contributed by atoms with E-state index in [-0.39, 0.29) is 6.10 Å². The molecule has 5 heteroatoms. The highest BCUT2D eigenvalue weighted by Crippen LogP contribution is 2.45. The molecule has 3 rings (SSSR count). The van der Waals surface area contributed by atoms with Crippen LogP contribution in [0, 0.1) is 0 Å². The van der Waals surface area contributed by atoms with Crippen molar-refractivity contribution in [2.45, 2.75) is 57.2 Å². The number of nitrogens with zero attached hydrogens (tertiary/aromatic N) is 1. The topological polar surface area (TPSA) is 59.4 Å². The van der Waals surface area contributed by atoms with E-state index in [1.54, 1.807) is 0 Å². The summed E-state index contributed by atoms with van der Waals surface area (Å²) in [6.45, 7) is 2.05. The molecule has 0 amide bonds. The number of aromatic nitrogens is 1. The van der Waals surface area contributed by atoms with Crippen LogP contribution in [0.1, 0.15) is 58.9 Å². The third-order valence-corrected chi connectivity index (χ3v) is 5.04. The van der Waals surface area contributed by atoms with Crippen molar-refractivity contribution in [2.75, 3.05) is 0 Å². The summed E-state index contributed by atoms with van der Waals surface area (Å²) in [6, 6.07) is 0. The lowest BCUT2D eigenvalue weighted by molar-refractivity contribution is 0.0700. The van der Waals surface area contributed by atoms with Crippen LogP contribution >= 0.6 is 11.3 Å². The summed E-state index contributed by atoms with van der Waals surface area (Å²) in [5.74, 6) is -0.510. The van der Waals surface area contributed by atoms with E-state index >= 15 is 0 Å². The smallest absolute Gasteiger partial charge is 0.347 e. The van der Waals surface area contributed by atoms with Crippen molar-refractivity contribution in [3.63, 3.8) is 0 Å². The van der Waals surface area contributed by atoms with E-state index in [0.717, 1.165) is 42.8 Å². The molecule has 2 fully saturated rings. The maximum atomic E-state index is 11.2. The molecule has 3 unspecified atom stereocenters. The van der Waals surface area contributed by atoms with Gasteiger partial charge in [-0.05, 0) is 25.7 Å². The molecule has 1 N–H and O–H groups in total. The lowest BCUT2D eigenvalue weighted by Crippen LogP contribution is -2.14. The highest BCUT2D eigenvalue weighted by atomic mass is 32.1. The van der Waals surface area contributed by atoms with Gasteiger partial charge in [-0.15, -0.1) is 11.3 Å². The fraction of sp³-hybridized carbons (Fsp3) is 0.692. The number of ether oxygens (including phenoxy) is 1. The van der Waals surface area contributed by atoms with Crippen molar-refractivity contribution in [1.82, 2.24) is 4.98 Å². The molecule has 98 valence electrons. The minimum Gasteiger partial charge on any atom is -0.477 e. The van der Waals surface area contributed by atoms with Crippen LogP contribution in [0.4, 0.5) is 0 Å². The fourth-order valence-corrected chi connectivity index (χ4v) is 4.12. The zero-order valence-electron chi connectivity index (χ0n) is 10.4. The molecule has 2 aliphatic heterocycles. The van der Waals surface area contributed by atoms with Crippen LogP contribution in [0.15, 0.2) is 0 Å². The molecular weight excluding hydrogens is 250 g/mol. The largest absolute Gasteiger partial charge is 0.477 e. The van der Waals surface area contributed by atoms with Crippen LogP contribution in [0.2, 0.25) is 0 Å². The number of rotatable bonds is 4. The zero-order valence-corrected chi connectivity index (χ0v) is 11.2. The van der Waals surface area contributed by atoms with Gasteiger partial charge in [0.15, 0.2) is 0 Å². The Kier molecular flexibility index (Phi) is 3.11. The van der Waals surface area contributed by atoms with Gasteiger partial charge in [0.2, 0.25) is 0 Å². The van der Waals surface area contributed by atoms with Crippen LogP contribution in [0.3, 0.4) is 0 Å². The predicted molar refractivity (Wildman–Crippen MR) is 68.3 cm³/mol. The Balaban J connectivity index is 1.88. The standard InChI is InChI=1S/C13H17NO3S/c1-2-3-9-11(13(15)16)18-12(14-9)8-6-7-4-5-10(8)17-7/h7-8,10H,2-6H2,1H3,(H,15,16). The first-order valence-electron chi connectivity index (χ1n) is 6.57. The second-order valence-electron chi connectivity index (χ2n) is 5.10. The number of aryl methyl sites for hydroxylation is 1. The van der Waals surface area contributed by atoms with Gasteiger partial charge >= 0.3 is 5.97 Å². The van der Waals surface area contributed by atoms with Gasteiger partial charge in [0, 0.05) is 5.92 Å². The molecule has 0 aliphatic carbocycles. The molecule has 2 saturated heterocycles. The van der Waals surface area contributed by atoms with E-state index in [1.165, 1.54) is 11.3 Å². The second-order valence-corrected chi connectivity index (χ2v) is 6.13. The molecule has 0 aromatic carbocycles. The highest BCUT2D eigenvalue weighted by Gasteiger charge is 2.43. The Bertz CT molecular complexity index is 471. The van der Waals surface area contributed by atoms with E-state index in [4.69, 9.17) is 4.74 Å². The Morgan fingerprint density at radius 2 is 2.39 bits per heavy atom. The molecule has 1 aromatic rings. The highest BCUT2D eigenvalue weighted by molar-refractivity contribution is 7.13. The molecule has 0 saturated carbocycles. The van der Waals surface area contributed by atoms with Gasteiger partial charge in [-0.25, -0.2) is 9.78 Å². The number of hydrogen-bond donors (Lipinski definition) is 1. The number of carbonyl (C=O) groups is 1. The van der Waals surface area contributed by atoms with Gasteiger partial charge in [0.1, 0.15) is 4.88 Å². The summed E-state index contributed by atoms with van der Waals surface area (Å²) < 4.78 is 5.83.